The number of aryl methyl sites for hydroxylation is 1. The lowest BCUT2D eigenvalue weighted by molar-refractivity contribution is 0.0971. The van der Waals surface area contributed by atoms with Gasteiger partial charge in [0.25, 0.3) is 0 Å². The lowest BCUT2D eigenvalue weighted by atomic mass is 10.2. The van der Waals surface area contributed by atoms with Crippen molar-refractivity contribution in [2.75, 3.05) is 13.7 Å². The molecule has 2 heterocycles. The van der Waals surface area contributed by atoms with Gasteiger partial charge >= 0.3 is 5.91 Å². The number of rotatable bonds is 4. The number of carbonyl (C=O) groups excluding carboxylic acids is 1. The van der Waals surface area contributed by atoms with E-state index in [0.717, 1.165) is 15.8 Å². The van der Waals surface area contributed by atoms with Crippen molar-refractivity contribution in [1.29, 1.82) is 0 Å². The van der Waals surface area contributed by atoms with Gasteiger partial charge in [-0.05, 0) is 36.8 Å². The van der Waals surface area contributed by atoms with Crippen LogP contribution in [0.5, 0.6) is 0 Å². The number of methoxy groups -OCH3 is 1. The Labute approximate surface area is 174 Å². The Balaban J connectivity index is 1.88. The van der Waals surface area contributed by atoms with Crippen molar-refractivity contribution < 1.29 is 13.9 Å². The third-order valence-corrected chi connectivity index (χ3v) is 6.04. The third kappa shape index (κ3) is 3.64. The molecule has 0 unspecified atom stereocenters. The molecule has 0 N–H and O–H groups in total. The highest BCUT2D eigenvalue weighted by atomic mass is 35.5. The summed E-state index contributed by atoms with van der Waals surface area (Å²) >= 11 is 7.66. The van der Waals surface area contributed by atoms with E-state index < -0.39 is 5.91 Å². The maximum absolute atomic E-state index is 12.8. The highest BCUT2D eigenvalue weighted by Crippen LogP contribution is 2.27. The Hall–Kier alpha value is -2.74. The van der Waals surface area contributed by atoms with Crippen LogP contribution in [0.15, 0.2) is 56.7 Å². The molecule has 0 aliphatic heterocycles. The molecule has 0 atom stereocenters. The Kier molecular flexibility index (Phi) is 5.36. The fourth-order valence-electron chi connectivity index (χ4n) is 3.14. The summed E-state index contributed by atoms with van der Waals surface area (Å²) in [5.74, 6) is -0.714. The molecule has 148 valence electrons. The van der Waals surface area contributed by atoms with E-state index in [1.807, 2.05) is 23.6 Å². The van der Waals surface area contributed by atoms with Gasteiger partial charge in [0.2, 0.25) is 0 Å². The summed E-state index contributed by atoms with van der Waals surface area (Å²) in [6, 6.07) is 11.7. The lowest BCUT2D eigenvalue weighted by Crippen LogP contribution is -2.20. The average Bonchev–Trinajstić information content (AvgIpc) is 3.06. The van der Waals surface area contributed by atoms with Crippen LogP contribution < -0.4 is 10.2 Å². The van der Waals surface area contributed by atoms with Crippen LogP contribution in [0.4, 0.5) is 0 Å². The molecule has 29 heavy (non-hydrogen) atoms. The number of aromatic nitrogens is 1. The zero-order valence-corrected chi connectivity index (χ0v) is 17.3. The van der Waals surface area contributed by atoms with Crippen molar-refractivity contribution in [3.05, 3.63) is 73.8 Å². The van der Waals surface area contributed by atoms with Crippen LogP contribution in [0.3, 0.4) is 0 Å². The Morgan fingerprint density at radius 1 is 1.28 bits per heavy atom. The summed E-state index contributed by atoms with van der Waals surface area (Å²) in [4.78, 5) is 29.8. The quantitative estimate of drug-likeness (QED) is 0.489. The van der Waals surface area contributed by atoms with Crippen molar-refractivity contribution in [3.63, 3.8) is 0 Å². The first-order chi connectivity index (χ1) is 14.0. The SMILES string of the molecule is COCCn1c(=NC(=O)c2cc(=O)c3ccccc3o2)sc2ccc(Cl)c(C)c21. The minimum Gasteiger partial charge on any atom is -0.451 e. The van der Waals surface area contributed by atoms with Gasteiger partial charge in [0.15, 0.2) is 16.0 Å². The average molecular weight is 429 g/mol. The normalized spacial score (nSPS) is 12.2. The Morgan fingerprint density at radius 3 is 2.86 bits per heavy atom. The largest absolute Gasteiger partial charge is 0.451 e. The summed E-state index contributed by atoms with van der Waals surface area (Å²) in [6.07, 6.45) is 0. The van der Waals surface area contributed by atoms with E-state index in [0.29, 0.717) is 33.9 Å². The van der Waals surface area contributed by atoms with Crippen LogP contribution in [-0.2, 0) is 11.3 Å². The van der Waals surface area contributed by atoms with E-state index in [4.69, 9.17) is 20.8 Å². The minimum atomic E-state index is -0.616. The fraction of sp³-hybridized carbons (Fsp3) is 0.190. The standard InChI is InChI=1S/C21H17ClN2O4S/c1-12-14(22)7-8-18-19(12)24(9-10-27-2)21(29-18)23-20(26)17-11-15(25)13-5-3-4-6-16(13)28-17/h3-8,11H,9-10H2,1-2H3. The van der Waals surface area contributed by atoms with Gasteiger partial charge in [-0.3, -0.25) is 9.59 Å². The first-order valence-corrected chi connectivity index (χ1v) is 10.1. The van der Waals surface area contributed by atoms with Gasteiger partial charge in [-0.25, -0.2) is 0 Å². The van der Waals surface area contributed by atoms with Crippen LogP contribution in [0, 0.1) is 6.92 Å². The van der Waals surface area contributed by atoms with Gasteiger partial charge in [-0.1, -0.05) is 35.1 Å². The molecule has 2 aromatic carbocycles. The van der Waals surface area contributed by atoms with Crippen molar-refractivity contribution in [3.8, 4) is 0 Å². The van der Waals surface area contributed by atoms with Gasteiger partial charge < -0.3 is 13.7 Å². The molecule has 4 rings (SSSR count). The van der Waals surface area contributed by atoms with Gasteiger partial charge in [-0.15, -0.1) is 0 Å². The van der Waals surface area contributed by atoms with Gasteiger partial charge in [-0.2, -0.15) is 4.99 Å². The third-order valence-electron chi connectivity index (χ3n) is 4.59. The first kappa shape index (κ1) is 19.6. The molecule has 0 bridgehead atoms. The number of halogens is 1. The summed E-state index contributed by atoms with van der Waals surface area (Å²) in [7, 11) is 1.61. The molecule has 6 nitrogen and oxygen atoms in total. The van der Waals surface area contributed by atoms with Crippen molar-refractivity contribution in [2.45, 2.75) is 13.5 Å². The van der Waals surface area contributed by atoms with Crippen LogP contribution in [0.25, 0.3) is 21.2 Å². The summed E-state index contributed by atoms with van der Waals surface area (Å²) in [6.45, 7) is 2.88. The van der Waals surface area contributed by atoms with Crippen LogP contribution in [-0.4, -0.2) is 24.2 Å². The topological polar surface area (TPSA) is 73.8 Å². The molecule has 0 saturated carbocycles. The second-order valence-electron chi connectivity index (χ2n) is 6.44. The van der Waals surface area contributed by atoms with E-state index in [9.17, 15) is 9.59 Å². The Bertz CT molecular complexity index is 1370. The number of benzene rings is 2. The molecule has 8 heteroatoms. The van der Waals surface area contributed by atoms with Crippen LogP contribution in [0.1, 0.15) is 16.1 Å². The molecule has 0 aliphatic rings. The highest BCUT2D eigenvalue weighted by Gasteiger charge is 2.15. The predicted molar refractivity (Wildman–Crippen MR) is 114 cm³/mol. The van der Waals surface area contributed by atoms with Crippen molar-refractivity contribution in [1.82, 2.24) is 4.57 Å². The maximum Gasteiger partial charge on any atom is 0.315 e. The predicted octanol–water partition coefficient (Wildman–Crippen LogP) is 4.16. The molecule has 0 aliphatic carbocycles. The maximum atomic E-state index is 12.8. The monoisotopic (exact) mass is 428 g/mol. The molecule has 0 fully saturated rings. The van der Waals surface area contributed by atoms with E-state index in [1.165, 1.54) is 17.4 Å². The number of nitrogens with zero attached hydrogens (tertiary/aromatic N) is 2. The zero-order chi connectivity index (χ0) is 20.5. The zero-order valence-electron chi connectivity index (χ0n) is 15.8. The van der Waals surface area contributed by atoms with Crippen molar-refractivity contribution >= 4 is 50.0 Å². The molecule has 2 aromatic heterocycles. The molecular formula is C21H17ClN2O4S. The molecule has 0 saturated heterocycles. The fourth-order valence-corrected chi connectivity index (χ4v) is 4.41. The molecular weight excluding hydrogens is 412 g/mol. The Morgan fingerprint density at radius 2 is 2.07 bits per heavy atom. The summed E-state index contributed by atoms with van der Waals surface area (Å²) < 4.78 is 13.7. The highest BCUT2D eigenvalue weighted by molar-refractivity contribution is 7.16. The van der Waals surface area contributed by atoms with Gasteiger partial charge in [0.1, 0.15) is 5.58 Å². The summed E-state index contributed by atoms with van der Waals surface area (Å²) in [5.41, 5.74) is 1.88. The number of para-hydroxylation sites is 1. The van der Waals surface area contributed by atoms with Gasteiger partial charge in [0.05, 0.1) is 22.2 Å². The van der Waals surface area contributed by atoms with Crippen molar-refractivity contribution in [2.24, 2.45) is 4.99 Å². The first-order valence-electron chi connectivity index (χ1n) is 8.89. The smallest absolute Gasteiger partial charge is 0.315 e. The second-order valence-corrected chi connectivity index (χ2v) is 7.85. The number of ether oxygens (including phenoxy) is 1. The molecule has 0 spiro atoms. The number of fused-ring (bicyclic) bond motifs is 2. The second kappa shape index (κ2) is 7.94. The van der Waals surface area contributed by atoms with E-state index in [1.54, 1.807) is 31.4 Å². The number of hydrogen-bond acceptors (Lipinski definition) is 5. The molecule has 0 radical (unpaired) electrons. The van der Waals surface area contributed by atoms with Crippen LogP contribution in [0.2, 0.25) is 5.02 Å². The summed E-state index contributed by atoms with van der Waals surface area (Å²) in [5, 5.41) is 1.06. The molecule has 4 aromatic rings. The minimum absolute atomic E-state index is 0.0980. The lowest BCUT2D eigenvalue weighted by Gasteiger charge is -2.07. The number of carbonyl (C=O) groups is 1. The van der Waals surface area contributed by atoms with Gasteiger partial charge in [0, 0.05) is 24.7 Å². The van der Waals surface area contributed by atoms with E-state index >= 15 is 0 Å². The number of hydrogen-bond donors (Lipinski definition) is 0. The number of amides is 1. The van der Waals surface area contributed by atoms with E-state index in [-0.39, 0.29) is 11.2 Å². The number of thiazole rings is 1. The van der Waals surface area contributed by atoms with E-state index in [2.05, 4.69) is 4.99 Å². The molecule has 1 amide bonds. The van der Waals surface area contributed by atoms with Crippen LogP contribution >= 0.6 is 22.9 Å².